The lowest BCUT2D eigenvalue weighted by molar-refractivity contribution is -0.952. The van der Waals surface area contributed by atoms with Crippen molar-refractivity contribution in [2.24, 2.45) is 0 Å². The molecule has 0 aliphatic carbocycles. The predicted octanol–water partition coefficient (Wildman–Crippen LogP) is 4.06. The van der Waals surface area contributed by atoms with Crippen LogP contribution >= 0.6 is 0 Å². The predicted molar refractivity (Wildman–Crippen MR) is 157 cm³/mol. The number of piperidine rings is 2. The molecule has 0 radical (unpaired) electrons. The van der Waals surface area contributed by atoms with Crippen LogP contribution in [0.4, 0.5) is 20.3 Å². The van der Waals surface area contributed by atoms with Crippen LogP contribution < -0.4 is 20.7 Å². The number of ether oxygens (including phenoxy) is 2. The van der Waals surface area contributed by atoms with Gasteiger partial charge in [-0.2, -0.15) is 0 Å². The van der Waals surface area contributed by atoms with Gasteiger partial charge in [-0.05, 0) is 42.3 Å². The van der Waals surface area contributed by atoms with Crippen molar-refractivity contribution < 1.29 is 27.7 Å². The van der Waals surface area contributed by atoms with E-state index >= 15 is 0 Å². The Morgan fingerprint density at radius 3 is 2.60 bits per heavy atom. The third-order valence-electron chi connectivity index (χ3n) is 8.82. The number of amides is 1. The molecule has 4 aliphatic heterocycles. The molecular formula is C31H37F2N6O3+. The van der Waals surface area contributed by atoms with E-state index in [4.69, 9.17) is 9.47 Å². The second-order valence-corrected chi connectivity index (χ2v) is 11.5. The number of benzene rings is 2. The highest BCUT2D eigenvalue weighted by Crippen LogP contribution is 2.36. The minimum atomic E-state index is -0.835. The largest absolute Gasteiger partial charge is 0.495 e. The van der Waals surface area contributed by atoms with Crippen LogP contribution in [-0.2, 0) is 11.4 Å². The number of anilines is 2. The average molecular weight is 580 g/mol. The van der Waals surface area contributed by atoms with E-state index in [1.807, 2.05) is 24.3 Å². The fraction of sp³-hybridized carbons (Fsp3) is 0.452. The Balaban J connectivity index is 1.17. The molecule has 3 aromatic rings. The lowest BCUT2D eigenvalue weighted by Crippen LogP contribution is -2.69. The second-order valence-electron chi connectivity index (χ2n) is 11.5. The first-order valence-electron chi connectivity index (χ1n) is 14.5. The summed E-state index contributed by atoms with van der Waals surface area (Å²) in [6.07, 6.45) is 4.26. The van der Waals surface area contributed by atoms with Gasteiger partial charge in [0, 0.05) is 54.3 Å². The molecule has 4 aliphatic rings. The molecular weight excluding hydrogens is 542 g/mol. The zero-order valence-corrected chi connectivity index (χ0v) is 24.0. The second kappa shape index (κ2) is 11.8. The van der Waals surface area contributed by atoms with Gasteiger partial charge in [0.25, 0.3) is 5.91 Å². The van der Waals surface area contributed by atoms with Gasteiger partial charge >= 0.3 is 0 Å². The number of hydrogen-bond donors (Lipinski definition) is 3. The summed E-state index contributed by atoms with van der Waals surface area (Å²) in [5, 5.41) is 9.54. The summed E-state index contributed by atoms with van der Waals surface area (Å²) in [7, 11) is 3.10. The van der Waals surface area contributed by atoms with Crippen LogP contribution in [0.15, 0.2) is 42.5 Å². The number of nitrogens with one attached hydrogen (secondary N) is 3. The first-order chi connectivity index (χ1) is 20.4. The third kappa shape index (κ3) is 5.75. The SMILES string of the molecule is CNC(=O)c1ccc(NCC#Cc2cc3c(NC4CC[N+]5(CC4)CC4CC(C5)O4)cccc3n2CN(F)F)c(OC)c1. The number of aromatic nitrogens is 1. The van der Waals surface area contributed by atoms with Crippen molar-refractivity contribution in [3.8, 4) is 17.6 Å². The van der Waals surface area contributed by atoms with Gasteiger partial charge in [-0.15, -0.1) is 0 Å². The highest BCUT2D eigenvalue weighted by Gasteiger charge is 2.49. The summed E-state index contributed by atoms with van der Waals surface area (Å²) >= 11 is 0. The van der Waals surface area contributed by atoms with Crippen molar-refractivity contribution in [3.05, 3.63) is 53.7 Å². The van der Waals surface area contributed by atoms with E-state index in [2.05, 4.69) is 27.8 Å². The van der Waals surface area contributed by atoms with Gasteiger partial charge in [-0.3, -0.25) is 4.79 Å². The normalized spacial score (nSPS) is 24.5. The van der Waals surface area contributed by atoms with Crippen molar-refractivity contribution in [2.75, 3.05) is 57.5 Å². The van der Waals surface area contributed by atoms with Crippen LogP contribution in [0.2, 0.25) is 0 Å². The molecule has 11 heteroatoms. The molecule has 1 amide bonds. The molecule has 42 heavy (non-hydrogen) atoms. The van der Waals surface area contributed by atoms with Crippen LogP contribution in [0.25, 0.3) is 10.9 Å². The molecule has 2 unspecified atom stereocenters. The summed E-state index contributed by atoms with van der Waals surface area (Å²) in [4.78, 5) is 11.9. The topological polar surface area (TPSA) is 79.8 Å². The van der Waals surface area contributed by atoms with Crippen LogP contribution in [0.1, 0.15) is 35.3 Å². The van der Waals surface area contributed by atoms with Gasteiger partial charge in [0.15, 0.2) is 0 Å². The Kier molecular flexibility index (Phi) is 7.94. The summed E-state index contributed by atoms with van der Waals surface area (Å²) < 4.78 is 41.0. The Morgan fingerprint density at radius 2 is 1.90 bits per heavy atom. The standard InChI is InChI=1S/C31H36F2N6O3/c1-34-31(40)21-8-9-28(30(15-21)41-2)35-12-4-5-23-16-26-27(6-3-7-29(26)37(23)20-38(32)33)36-22-10-13-39(14-11-22)18-24-17-25(19-39)42-24/h3,6-9,15-16,22,24-25,36H,10-14,17-20H2,1-2H3,(H-,34,35,40)/p+1. The van der Waals surface area contributed by atoms with E-state index in [-0.39, 0.29) is 12.5 Å². The van der Waals surface area contributed by atoms with E-state index < -0.39 is 12.0 Å². The molecule has 2 bridgehead atoms. The molecule has 1 aromatic heterocycles. The van der Waals surface area contributed by atoms with E-state index in [1.165, 1.54) is 22.6 Å². The van der Waals surface area contributed by atoms with Crippen molar-refractivity contribution in [1.82, 2.24) is 15.2 Å². The number of rotatable bonds is 8. The first-order valence-corrected chi connectivity index (χ1v) is 14.5. The molecule has 5 heterocycles. The number of carbonyl (C=O) groups is 1. The van der Waals surface area contributed by atoms with Crippen LogP contribution in [0, 0.1) is 11.8 Å². The van der Waals surface area contributed by atoms with E-state index in [9.17, 15) is 13.8 Å². The zero-order chi connectivity index (χ0) is 29.3. The number of fused-ring (bicyclic) bond motifs is 1. The first kappa shape index (κ1) is 28.3. The van der Waals surface area contributed by atoms with Crippen molar-refractivity contribution in [3.63, 3.8) is 0 Å². The molecule has 222 valence electrons. The van der Waals surface area contributed by atoms with Crippen molar-refractivity contribution >= 4 is 28.2 Å². The lowest BCUT2D eigenvalue weighted by Gasteiger charge is -2.55. The monoisotopic (exact) mass is 579 g/mol. The number of nitrogens with zero attached hydrogens (tertiary/aromatic N) is 3. The Hall–Kier alpha value is -3.85. The highest BCUT2D eigenvalue weighted by atomic mass is 19.4. The summed E-state index contributed by atoms with van der Waals surface area (Å²) in [6, 6.07) is 13.1. The maximum atomic E-state index is 13.5. The quantitative estimate of drug-likeness (QED) is 0.212. The molecule has 4 saturated heterocycles. The molecule has 0 saturated carbocycles. The van der Waals surface area contributed by atoms with Crippen LogP contribution in [0.3, 0.4) is 0 Å². The van der Waals surface area contributed by atoms with Gasteiger partial charge in [-0.1, -0.05) is 20.9 Å². The van der Waals surface area contributed by atoms with Gasteiger partial charge in [0.05, 0.1) is 43.6 Å². The van der Waals surface area contributed by atoms with Gasteiger partial charge < -0.3 is 34.5 Å². The molecule has 1 spiro atoms. The minimum absolute atomic E-state index is 0.210. The number of methoxy groups -OCH3 is 1. The molecule has 7 rings (SSSR count). The summed E-state index contributed by atoms with van der Waals surface area (Å²) in [5.41, 5.74) is 3.31. The maximum absolute atomic E-state index is 13.5. The fourth-order valence-corrected chi connectivity index (χ4v) is 6.74. The van der Waals surface area contributed by atoms with E-state index in [0.717, 1.165) is 50.1 Å². The minimum Gasteiger partial charge on any atom is -0.495 e. The average Bonchev–Trinajstić information content (AvgIpc) is 3.33. The fourth-order valence-electron chi connectivity index (χ4n) is 6.74. The van der Waals surface area contributed by atoms with E-state index in [0.29, 0.717) is 46.5 Å². The molecule has 2 aromatic carbocycles. The number of quaternary nitrogens is 1. The molecule has 3 N–H and O–H groups in total. The van der Waals surface area contributed by atoms with E-state index in [1.54, 1.807) is 25.2 Å². The highest BCUT2D eigenvalue weighted by molar-refractivity contribution is 5.95. The molecule has 4 fully saturated rings. The number of carbonyl (C=O) groups excluding carboxylic acids is 1. The summed E-state index contributed by atoms with van der Waals surface area (Å²) in [6.45, 7) is 4.23. The maximum Gasteiger partial charge on any atom is 0.251 e. The van der Waals surface area contributed by atoms with Crippen molar-refractivity contribution in [2.45, 2.75) is 44.2 Å². The third-order valence-corrected chi connectivity index (χ3v) is 8.82. The smallest absolute Gasteiger partial charge is 0.251 e. The Morgan fingerprint density at radius 1 is 1.14 bits per heavy atom. The zero-order valence-electron chi connectivity index (χ0n) is 24.0. The lowest BCUT2D eigenvalue weighted by atomic mass is 9.91. The number of morpholine rings is 1. The van der Waals surface area contributed by atoms with Gasteiger partial charge in [0.2, 0.25) is 0 Å². The number of halogens is 2. The van der Waals surface area contributed by atoms with Gasteiger partial charge in [0.1, 0.15) is 37.7 Å². The van der Waals surface area contributed by atoms with Gasteiger partial charge in [-0.25, -0.2) is 0 Å². The Bertz CT molecular complexity index is 1500. The van der Waals surface area contributed by atoms with Crippen LogP contribution in [-0.4, -0.2) is 85.4 Å². The van der Waals surface area contributed by atoms with Crippen molar-refractivity contribution in [1.29, 1.82) is 0 Å². The van der Waals surface area contributed by atoms with Crippen LogP contribution in [0.5, 0.6) is 5.75 Å². The summed E-state index contributed by atoms with van der Waals surface area (Å²) in [5.74, 6) is 6.43. The molecule has 2 atom stereocenters. The molecule has 9 nitrogen and oxygen atoms in total. The Labute approximate surface area is 244 Å². The number of hydrogen-bond acceptors (Lipinski definition) is 6.